The molecule has 4 aliphatic carbocycles. The number of rotatable bonds is 8. The number of amides is 2. The van der Waals surface area contributed by atoms with E-state index in [1.165, 1.54) is 12.4 Å². The minimum absolute atomic E-state index is 0. The van der Waals surface area contributed by atoms with Gasteiger partial charge in [0, 0.05) is 28.8 Å². The average molecular weight is 660 g/mol. The Morgan fingerprint density at radius 2 is 1.64 bits per heavy atom. The number of nitrogens with one attached hydrogen (secondary N) is 2. The molecule has 4 aliphatic rings. The Bertz CT molecular complexity index is 1820. The van der Waals surface area contributed by atoms with Gasteiger partial charge in [-0.1, -0.05) is 48.5 Å². The third-order valence-electron chi connectivity index (χ3n) is 10.7. The number of aromatic nitrogens is 2. The molecule has 246 valence electrons. The molecule has 4 saturated carbocycles. The fraction of sp³-hybridized carbons (Fsp3) is 0.371. The quantitative estimate of drug-likeness (QED) is 0.221. The molecule has 12 heteroatoms. The first-order valence-electron chi connectivity index (χ1n) is 15.5. The highest BCUT2D eigenvalue weighted by molar-refractivity contribution is 5.90. The number of halogens is 1. The molecule has 8 rings (SSSR count). The summed E-state index contributed by atoms with van der Waals surface area (Å²) < 4.78 is 13.1. The van der Waals surface area contributed by atoms with Crippen molar-refractivity contribution in [3.63, 3.8) is 0 Å². The van der Waals surface area contributed by atoms with Gasteiger partial charge in [-0.05, 0) is 66.1 Å². The number of carbonyl (C=O) groups is 3. The number of nitrogens with zero attached hydrogens (tertiary/aromatic N) is 2. The Labute approximate surface area is 278 Å². The SMILES string of the molecule is COc1cccc(OC)c1C12CC3CC(c4cccc5ccccc45)(C1)C(C(=O)O)C(NC(=O)n1cccn1)(C3)C2NC(=O)CN.Cl. The second-order valence-electron chi connectivity index (χ2n) is 12.9. The molecule has 0 saturated heterocycles. The van der Waals surface area contributed by atoms with Crippen LogP contribution in [0.1, 0.15) is 36.8 Å². The van der Waals surface area contributed by atoms with E-state index in [4.69, 9.17) is 15.2 Å². The van der Waals surface area contributed by atoms with Crippen LogP contribution in [-0.2, 0) is 20.4 Å². The molecule has 0 aliphatic heterocycles. The molecule has 1 heterocycles. The van der Waals surface area contributed by atoms with Crippen molar-refractivity contribution in [2.45, 2.75) is 48.1 Å². The van der Waals surface area contributed by atoms with Gasteiger partial charge in [-0.3, -0.25) is 9.59 Å². The monoisotopic (exact) mass is 659 g/mol. The van der Waals surface area contributed by atoms with Crippen LogP contribution in [0, 0.1) is 11.8 Å². The van der Waals surface area contributed by atoms with Crippen LogP contribution in [0.4, 0.5) is 4.79 Å². The summed E-state index contributed by atoms with van der Waals surface area (Å²) >= 11 is 0. The molecular weight excluding hydrogens is 622 g/mol. The highest BCUT2D eigenvalue weighted by Gasteiger charge is 2.77. The van der Waals surface area contributed by atoms with Crippen molar-refractivity contribution < 1.29 is 29.0 Å². The number of fused-ring (bicyclic) bond motifs is 1. The maximum absolute atomic E-state index is 14.0. The summed E-state index contributed by atoms with van der Waals surface area (Å²) in [6.45, 7) is -0.311. The highest BCUT2D eigenvalue weighted by Crippen LogP contribution is 2.71. The van der Waals surface area contributed by atoms with Crippen LogP contribution in [0.25, 0.3) is 10.8 Å². The van der Waals surface area contributed by atoms with Gasteiger partial charge in [0.25, 0.3) is 0 Å². The Kier molecular flexibility index (Phi) is 8.17. The zero-order chi connectivity index (χ0) is 32.3. The summed E-state index contributed by atoms with van der Waals surface area (Å²) in [5.74, 6) is -1.55. The van der Waals surface area contributed by atoms with E-state index in [0.717, 1.165) is 26.6 Å². The van der Waals surface area contributed by atoms with Crippen LogP contribution >= 0.6 is 12.4 Å². The predicted molar refractivity (Wildman–Crippen MR) is 177 cm³/mol. The summed E-state index contributed by atoms with van der Waals surface area (Å²) in [4.78, 5) is 41.3. The number of benzene rings is 3. The molecule has 2 amide bonds. The van der Waals surface area contributed by atoms with Gasteiger partial charge < -0.3 is 30.9 Å². The molecule has 1 aromatic heterocycles. The topological polar surface area (TPSA) is 158 Å². The minimum atomic E-state index is -1.46. The second-order valence-corrected chi connectivity index (χ2v) is 12.9. The van der Waals surface area contributed by atoms with Gasteiger partial charge in [0.05, 0.1) is 38.3 Å². The van der Waals surface area contributed by atoms with E-state index in [-0.39, 0.29) is 24.9 Å². The third kappa shape index (κ3) is 4.66. The number of nitrogens with two attached hydrogens (primary N) is 1. The largest absolute Gasteiger partial charge is 0.496 e. The summed E-state index contributed by atoms with van der Waals surface area (Å²) in [6, 6.07) is 19.7. The van der Waals surface area contributed by atoms with Crippen molar-refractivity contribution in [3.8, 4) is 11.5 Å². The zero-order valence-electron chi connectivity index (χ0n) is 26.1. The molecule has 3 aromatic carbocycles. The smallest absolute Gasteiger partial charge is 0.342 e. The molecule has 0 spiro atoms. The third-order valence-corrected chi connectivity index (χ3v) is 10.7. The van der Waals surface area contributed by atoms with Crippen LogP contribution in [0.3, 0.4) is 0 Å². The molecule has 4 aromatic rings. The van der Waals surface area contributed by atoms with Crippen molar-refractivity contribution in [1.29, 1.82) is 0 Å². The van der Waals surface area contributed by atoms with Crippen LogP contribution in [0.2, 0.25) is 0 Å². The minimum Gasteiger partial charge on any atom is -0.496 e. The average Bonchev–Trinajstić information content (AvgIpc) is 3.61. The molecule has 4 bridgehead atoms. The van der Waals surface area contributed by atoms with Gasteiger partial charge in [-0.2, -0.15) is 9.78 Å². The molecule has 6 unspecified atom stereocenters. The number of carboxylic acids is 1. The van der Waals surface area contributed by atoms with E-state index < -0.39 is 46.2 Å². The van der Waals surface area contributed by atoms with E-state index in [1.807, 2.05) is 60.7 Å². The standard InChI is InChI=1S/C35H37N5O6.ClH/c1-45-25-12-6-13-26(46-2)28(25)34-17-21-16-33(20-34,24-11-5-9-22-8-3-4-10-23(22)24)29(30(42)43)35(18-21,31(34)38-27(41)19-36)39-32(44)40-15-7-14-37-40;/h3-15,21,29,31H,16-20,36H2,1-2H3,(H,38,41)(H,39,44)(H,42,43);1H. The number of carbonyl (C=O) groups excluding carboxylic acids is 2. The molecule has 11 nitrogen and oxygen atoms in total. The van der Waals surface area contributed by atoms with E-state index in [0.29, 0.717) is 37.2 Å². The van der Waals surface area contributed by atoms with Gasteiger partial charge in [0.2, 0.25) is 5.91 Å². The van der Waals surface area contributed by atoms with Gasteiger partial charge in [-0.25, -0.2) is 4.79 Å². The molecule has 6 atom stereocenters. The molecule has 4 fully saturated rings. The lowest BCUT2D eigenvalue weighted by Crippen LogP contribution is -2.85. The number of ether oxygens (including phenoxy) is 2. The highest BCUT2D eigenvalue weighted by atomic mass is 35.5. The van der Waals surface area contributed by atoms with Gasteiger partial charge in [-0.15, -0.1) is 12.4 Å². The number of carboxylic acid groups (broad SMARTS) is 1. The van der Waals surface area contributed by atoms with Crippen LogP contribution in [0.5, 0.6) is 11.5 Å². The van der Waals surface area contributed by atoms with Gasteiger partial charge in [0.15, 0.2) is 0 Å². The lowest BCUT2D eigenvalue weighted by molar-refractivity contribution is -0.175. The summed E-state index contributed by atoms with van der Waals surface area (Å²) in [7, 11) is 3.17. The number of methoxy groups -OCH3 is 2. The van der Waals surface area contributed by atoms with Crippen LogP contribution < -0.4 is 25.8 Å². The predicted octanol–water partition coefficient (Wildman–Crippen LogP) is 4.01. The zero-order valence-corrected chi connectivity index (χ0v) is 27.0. The fourth-order valence-corrected chi connectivity index (χ4v) is 9.74. The van der Waals surface area contributed by atoms with E-state index in [1.54, 1.807) is 20.3 Å². The van der Waals surface area contributed by atoms with Crippen molar-refractivity contribution >= 4 is 41.1 Å². The lowest BCUT2D eigenvalue weighted by atomic mass is 9.34. The summed E-state index contributed by atoms with van der Waals surface area (Å²) in [5, 5.41) is 23.8. The maximum atomic E-state index is 14.0. The summed E-state index contributed by atoms with van der Waals surface area (Å²) in [5.41, 5.74) is 4.18. The van der Waals surface area contributed by atoms with Crippen molar-refractivity contribution in [2.75, 3.05) is 20.8 Å². The van der Waals surface area contributed by atoms with E-state index >= 15 is 0 Å². The Hall–Kier alpha value is -4.61. The van der Waals surface area contributed by atoms with Gasteiger partial charge >= 0.3 is 12.0 Å². The Balaban J connectivity index is 0.00000386. The van der Waals surface area contributed by atoms with Gasteiger partial charge in [0.1, 0.15) is 11.5 Å². The van der Waals surface area contributed by atoms with Crippen LogP contribution in [0.15, 0.2) is 79.1 Å². The lowest BCUT2D eigenvalue weighted by Gasteiger charge is -2.72. The van der Waals surface area contributed by atoms with Crippen molar-refractivity contribution in [3.05, 3.63) is 90.3 Å². The van der Waals surface area contributed by atoms with Crippen LogP contribution in [-0.4, -0.2) is 65.1 Å². The molecule has 47 heavy (non-hydrogen) atoms. The maximum Gasteiger partial charge on any atom is 0.342 e. The summed E-state index contributed by atoms with van der Waals surface area (Å²) in [6.07, 6.45) is 4.88. The number of hydrogen-bond acceptors (Lipinski definition) is 7. The number of hydrogen-bond donors (Lipinski definition) is 4. The van der Waals surface area contributed by atoms with E-state index in [9.17, 15) is 19.5 Å². The van der Waals surface area contributed by atoms with E-state index in [2.05, 4.69) is 15.7 Å². The first-order valence-corrected chi connectivity index (χ1v) is 15.5. The molecular formula is C35H38ClN5O6. The first-order chi connectivity index (χ1) is 22.2. The fourth-order valence-electron chi connectivity index (χ4n) is 9.74. The Morgan fingerprint density at radius 3 is 2.30 bits per heavy atom. The second kappa shape index (κ2) is 11.9. The molecule has 5 N–H and O–H groups in total. The first kappa shape index (κ1) is 32.3. The molecule has 0 radical (unpaired) electrons. The van der Waals surface area contributed by atoms with Crippen molar-refractivity contribution in [2.24, 2.45) is 17.6 Å². The van der Waals surface area contributed by atoms with Crippen molar-refractivity contribution in [1.82, 2.24) is 20.4 Å². The normalized spacial score (nSPS) is 28.7. The number of aliphatic carboxylic acids is 1. The Morgan fingerprint density at radius 1 is 0.957 bits per heavy atom.